The third-order valence-electron chi connectivity index (χ3n) is 3.45. The van der Waals surface area contributed by atoms with Crippen molar-refractivity contribution in [2.24, 2.45) is 21.1 Å². The van der Waals surface area contributed by atoms with Crippen molar-refractivity contribution in [2.45, 2.75) is 6.92 Å². The molecule has 0 aliphatic heterocycles. The first-order valence-electron chi connectivity index (χ1n) is 5.80. The molecule has 0 aliphatic carbocycles. The highest BCUT2D eigenvalue weighted by molar-refractivity contribution is 5.90. The SMILES string of the molecule is CNc1c2c(=O)n(C)c(=O)n(C)c2c(C)c(=O)n1C. The maximum Gasteiger partial charge on any atom is 0.330 e. The van der Waals surface area contributed by atoms with Crippen LogP contribution in [0.1, 0.15) is 5.56 Å². The maximum atomic E-state index is 12.3. The van der Waals surface area contributed by atoms with Crippen LogP contribution in [0.15, 0.2) is 14.4 Å². The van der Waals surface area contributed by atoms with Crippen LogP contribution in [0.5, 0.6) is 0 Å². The molecule has 2 aromatic rings. The zero-order valence-corrected chi connectivity index (χ0v) is 11.6. The minimum absolute atomic E-state index is 0.236. The molecule has 7 nitrogen and oxygen atoms in total. The predicted molar refractivity (Wildman–Crippen MR) is 74.0 cm³/mol. The van der Waals surface area contributed by atoms with Gasteiger partial charge in [-0.25, -0.2) is 4.79 Å². The van der Waals surface area contributed by atoms with E-state index in [-0.39, 0.29) is 5.56 Å². The Hall–Kier alpha value is -2.31. The molecule has 19 heavy (non-hydrogen) atoms. The van der Waals surface area contributed by atoms with Gasteiger partial charge in [-0.1, -0.05) is 0 Å². The summed E-state index contributed by atoms with van der Waals surface area (Å²) in [6.45, 7) is 1.61. The Bertz CT molecular complexity index is 846. The second-order valence-electron chi connectivity index (χ2n) is 4.52. The molecular weight excluding hydrogens is 248 g/mol. The van der Waals surface area contributed by atoms with Crippen molar-refractivity contribution in [2.75, 3.05) is 12.4 Å². The third kappa shape index (κ3) is 1.54. The summed E-state index contributed by atoms with van der Waals surface area (Å²) in [4.78, 5) is 36.4. The fourth-order valence-corrected chi connectivity index (χ4v) is 2.41. The molecule has 0 aliphatic rings. The lowest BCUT2D eigenvalue weighted by Crippen LogP contribution is -2.39. The summed E-state index contributed by atoms with van der Waals surface area (Å²) < 4.78 is 3.74. The lowest BCUT2D eigenvalue weighted by molar-refractivity contribution is 0.708. The Kier molecular flexibility index (Phi) is 2.84. The molecule has 0 atom stereocenters. The second kappa shape index (κ2) is 4.11. The second-order valence-corrected chi connectivity index (χ2v) is 4.52. The number of hydrogen-bond donors (Lipinski definition) is 1. The number of rotatable bonds is 1. The van der Waals surface area contributed by atoms with E-state index in [0.29, 0.717) is 22.3 Å². The Labute approximate surface area is 108 Å². The van der Waals surface area contributed by atoms with Crippen molar-refractivity contribution >= 4 is 16.7 Å². The molecule has 0 amide bonds. The number of anilines is 1. The highest BCUT2D eigenvalue weighted by atomic mass is 16.2. The molecule has 2 rings (SSSR count). The molecule has 0 bridgehead atoms. The normalized spacial score (nSPS) is 11.0. The number of aryl methyl sites for hydroxylation is 2. The van der Waals surface area contributed by atoms with Gasteiger partial charge in [0.15, 0.2) is 0 Å². The van der Waals surface area contributed by atoms with Gasteiger partial charge in [0.25, 0.3) is 11.1 Å². The van der Waals surface area contributed by atoms with E-state index < -0.39 is 11.2 Å². The zero-order valence-electron chi connectivity index (χ0n) is 11.6. The van der Waals surface area contributed by atoms with E-state index >= 15 is 0 Å². The molecule has 1 N–H and O–H groups in total. The van der Waals surface area contributed by atoms with Crippen LogP contribution in [0.25, 0.3) is 10.9 Å². The van der Waals surface area contributed by atoms with E-state index in [4.69, 9.17) is 0 Å². The first-order valence-corrected chi connectivity index (χ1v) is 5.80. The van der Waals surface area contributed by atoms with Crippen LogP contribution < -0.4 is 22.1 Å². The topological polar surface area (TPSA) is 78.0 Å². The van der Waals surface area contributed by atoms with Gasteiger partial charge in [0.05, 0.1) is 5.52 Å². The molecule has 0 spiro atoms. The summed E-state index contributed by atoms with van der Waals surface area (Å²) in [5, 5.41) is 3.19. The molecule has 2 heterocycles. The van der Waals surface area contributed by atoms with E-state index in [2.05, 4.69) is 5.32 Å². The largest absolute Gasteiger partial charge is 0.374 e. The lowest BCUT2D eigenvalue weighted by Gasteiger charge is -2.16. The van der Waals surface area contributed by atoms with Crippen LogP contribution in [-0.2, 0) is 21.1 Å². The van der Waals surface area contributed by atoms with Gasteiger partial charge < -0.3 is 5.32 Å². The van der Waals surface area contributed by atoms with E-state index in [0.717, 1.165) is 4.57 Å². The van der Waals surface area contributed by atoms with Crippen LogP contribution >= 0.6 is 0 Å². The van der Waals surface area contributed by atoms with Crippen LogP contribution in [0.3, 0.4) is 0 Å². The van der Waals surface area contributed by atoms with Crippen LogP contribution in [0.2, 0.25) is 0 Å². The number of pyridine rings is 1. The van der Waals surface area contributed by atoms with Gasteiger partial charge in [-0.15, -0.1) is 0 Å². The monoisotopic (exact) mass is 264 g/mol. The summed E-state index contributed by atoms with van der Waals surface area (Å²) in [5.74, 6) is 0.404. The Morgan fingerprint density at radius 1 is 0.895 bits per heavy atom. The van der Waals surface area contributed by atoms with Crippen molar-refractivity contribution in [1.82, 2.24) is 13.7 Å². The minimum atomic E-state index is -0.448. The summed E-state index contributed by atoms with van der Waals surface area (Å²) in [7, 11) is 6.19. The summed E-state index contributed by atoms with van der Waals surface area (Å²) in [5.41, 5.74) is -0.341. The van der Waals surface area contributed by atoms with E-state index in [1.165, 1.54) is 16.2 Å². The van der Waals surface area contributed by atoms with Crippen LogP contribution in [0, 0.1) is 6.92 Å². The average molecular weight is 264 g/mol. The van der Waals surface area contributed by atoms with E-state index in [9.17, 15) is 14.4 Å². The molecule has 7 heteroatoms. The third-order valence-corrected chi connectivity index (χ3v) is 3.45. The fraction of sp³-hybridized carbons (Fsp3) is 0.417. The van der Waals surface area contributed by atoms with Gasteiger partial charge in [0.2, 0.25) is 0 Å². The van der Waals surface area contributed by atoms with Gasteiger partial charge in [-0.05, 0) is 6.92 Å². The number of aromatic nitrogens is 3. The summed E-state index contributed by atoms with van der Waals surface area (Å²) >= 11 is 0. The molecule has 0 saturated heterocycles. The van der Waals surface area contributed by atoms with Crippen molar-refractivity contribution in [3.8, 4) is 0 Å². The first kappa shape index (κ1) is 13.1. The van der Waals surface area contributed by atoms with Crippen LogP contribution in [0.4, 0.5) is 5.82 Å². The number of fused-ring (bicyclic) bond motifs is 1. The van der Waals surface area contributed by atoms with Gasteiger partial charge in [0.1, 0.15) is 11.2 Å². The van der Waals surface area contributed by atoms with Crippen molar-refractivity contribution < 1.29 is 0 Å². The Morgan fingerprint density at radius 3 is 2.00 bits per heavy atom. The molecule has 2 aromatic heterocycles. The molecule has 0 fully saturated rings. The van der Waals surface area contributed by atoms with Crippen LogP contribution in [-0.4, -0.2) is 20.7 Å². The van der Waals surface area contributed by atoms with Gasteiger partial charge in [0, 0.05) is 33.8 Å². The summed E-state index contributed by atoms with van der Waals surface area (Å²) in [6.07, 6.45) is 0. The van der Waals surface area contributed by atoms with Crippen molar-refractivity contribution in [1.29, 1.82) is 0 Å². The van der Waals surface area contributed by atoms with Crippen molar-refractivity contribution in [3.05, 3.63) is 36.8 Å². The lowest BCUT2D eigenvalue weighted by atomic mass is 10.2. The highest BCUT2D eigenvalue weighted by Gasteiger charge is 2.18. The van der Waals surface area contributed by atoms with Gasteiger partial charge >= 0.3 is 5.69 Å². The van der Waals surface area contributed by atoms with E-state index in [1.54, 1.807) is 28.1 Å². The molecule has 0 radical (unpaired) electrons. The maximum absolute atomic E-state index is 12.3. The summed E-state index contributed by atoms with van der Waals surface area (Å²) in [6, 6.07) is 0. The fourth-order valence-electron chi connectivity index (χ4n) is 2.41. The zero-order chi connectivity index (χ0) is 14.5. The standard InChI is InChI=1S/C12H16N4O3/c1-6-8-7(9(13-2)15(4)10(6)17)11(18)16(5)12(19)14(8)3/h13H,1-5H3. The van der Waals surface area contributed by atoms with Gasteiger partial charge in [-0.3, -0.25) is 23.3 Å². The average Bonchev–Trinajstić information content (AvgIpc) is 2.40. The van der Waals surface area contributed by atoms with Gasteiger partial charge in [-0.2, -0.15) is 0 Å². The molecule has 0 aromatic carbocycles. The number of hydrogen-bond acceptors (Lipinski definition) is 4. The van der Waals surface area contributed by atoms with E-state index in [1.807, 2.05) is 0 Å². The molecule has 102 valence electrons. The minimum Gasteiger partial charge on any atom is -0.374 e. The Morgan fingerprint density at radius 2 is 1.47 bits per heavy atom. The molecule has 0 unspecified atom stereocenters. The molecule has 0 saturated carbocycles. The smallest absolute Gasteiger partial charge is 0.330 e. The molecular formula is C12H16N4O3. The Balaban J connectivity index is 3.37. The number of nitrogens with zero attached hydrogens (tertiary/aromatic N) is 3. The highest BCUT2D eigenvalue weighted by Crippen LogP contribution is 2.18. The first-order chi connectivity index (χ1) is 8.82. The quantitative estimate of drug-likeness (QED) is 0.738. The predicted octanol–water partition coefficient (Wildman–Crippen LogP) is -0.714. The van der Waals surface area contributed by atoms with Crippen molar-refractivity contribution in [3.63, 3.8) is 0 Å². The number of nitrogens with one attached hydrogen (secondary N) is 1.